The molecule has 2 heteroatoms. The lowest BCUT2D eigenvalue weighted by atomic mass is 9.78. The van der Waals surface area contributed by atoms with E-state index in [0.717, 1.165) is 18.0 Å². The molecule has 0 bridgehead atoms. The molecule has 0 radical (unpaired) electrons. The van der Waals surface area contributed by atoms with Crippen molar-refractivity contribution in [2.75, 3.05) is 26.2 Å². The first kappa shape index (κ1) is 21.0. The zero-order valence-electron chi connectivity index (χ0n) is 16.8. The lowest BCUT2D eigenvalue weighted by Crippen LogP contribution is -2.48. The predicted octanol–water partition coefficient (Wildman–Crippen LogP) is 5.57. The molecule has 2 nitrogen and oxygen atoms in total. The van der Waals surface area contributed by atoms with E-state index in [1.807, 2.05) is 0 Å². The Kier molecular flexibility index (Phi) is 11.2. The van der Waals surface area contributed by atoms with E-state index in [1.165, 1.54) is 84.0 Å². The minimum atomic E-state index is 0.824. The Hall–Kier alpha value is -0.0800. The van der Waals surface area contributed by atoms with Crippen molar-refractivity contribution in [3.63, 3.8) is 0 Å². The molecule has 138 valence electrons. The van der Waals surface area contributed by atoms with Gasteiger partial charge >= 0.3 is 0 Å². The van der Waals surface area contributed by atoms with E-state index in [-0.39, 0.29) is 0 Å². The zero-order valence-corrected chi connectivity index (χ0v) is 16.8. The monoisotopic (exact) mass is 324 g/mol. The van der Waals surface area contributed by atoms with Gasteiger partial charge in [0.1, 0.15) is 0 Å². The second kappa shape index (κ2) is 12.3. The Morgan fingerprint density at radius 1 is 0.609 bits per heavy atom. The standard InChI is InChI=1S/C21H44N2/c1-6-11-12-13-14-15-19-16-20(22(7-2)8-3)18-21(17-19)23(9-4)10-5/h19-21H,6-18H2,1-5H3. The van der Waals surface area contributed by atoms with E-state index in [1.54, 1.807) is 0 Å². The van der Waals surface area contributed by atoms with Gasteiger partial charge in [0.05, 0.1) is 0 Å². The predicted molar refractivity (Wildman–Crippen MR) is 104 cm³/mol. The number of rotatable bonds is 12. The number of unbranched alkanes of at least 4 members (excludes halogenated alkanes) is 4. The van der Waals surface area contributed by atoms with Gasteiger partial charge in [-0.1, -0.05) is 73.1 Å². The summed E-state index contributed by atoms with van der Waals surface area (Å²) < 4.78 is 0. The summed E-state index contributed by atoms with van der Waals surface area (Å²) in [6.07, 6.45) is 12.9. The third kappa shape index (κ3) is 7.13. The van der Waals surface area contributed by atoms with Crippen molar-refractivity contribution in [3.8, 4) is 0 Å². The Bertz CT molecular complexity index is 251. The van der Waals surface area contributed by atoms with Gasteiger partial charge in [-0.3, -0.25) is 0 Å². The molecule has 0 saturated heterocycles. The van der Waals surface area contributed by atoms with Crippen LogP contribution in [-0.4, -0.2) is 48.1 Å². The summed E-state index contributed by atoms with van der Waals surface area (Å²) in [6.45, 7) is 16.5. The van der Waals surface area contributed by atoms with Crippen LogP contribution in [0, 0.1) is 5.92 Å². The molecule has 0 amide bonds. The molecule has 1 rings (SSSR count). The minimum absolute atomic E-state index is 0.824. The number of hydrogen-bond donors (Lipinski definition) is 0. The summed E-state index contributed by atoms with van der Waals surface area (Å²) in [5.41, 5.74) is 0. The van der Waals surface area contributed by atoms with E-state index in [0.29, 0.717) is 0 Å². The van der Waals surface area contributed by atoms with Crippen molar-refractivity contribution in [1.29, 1.82) is 0 Å². The van der Waals surface area contributed by atoms with Gasteiger partial charge in [0, 0.05) is 12.1 Å². The maximum atomic E-state index is 2.72. The van der Waals surface area contributed by atoms with Crippen molar-refractivity contribution >= 4 is 0 Å². The summed E-state index contributed by atoms with van der Waals surface area (Å²) in [6, 6.07) is 1.65. The molecule has 0 aromatic rings. The fraction of sp³-hybridized carbons (Fsp3) is 1.00. The van der Waals surface area contributed by atoms with Gasteiger partial charge in [-0.15, -0.1) is 0 Å². The topological polar surface area (TPSA) is 6.48 Å². The van der Waals surface area contributed by atoms with Crippen LogP contribution in [0.25, 0.3) is 0 Å². The van der Waals surface area contributed by atoms with Gasteiger partial charge in [0.15, 0.2) is 0 Å². The van der Waals surface area contributed by atoms with E-state index in [4.69, 9.17) is 0 Å². The Labute approximate surface area is 147 Å². The molecule has 1 aliphatic carbocycles. The first-order chi connectivity index (χ1) is 11.2. The molecule has 0 aromatic carbocycles. The molecular weight excluding hydrogens is 280 g/mol. The largest absolute Gasteiger partial charge is 0.301 e. The Morgan fingerprint density at radius 2 is 1.09 bits per heavy atom. The molecule has 0 aliphatic heterocycles. The Morgan fingerprint density at radius 3 is 1.52 bits per heavy atom. The first-order valence-corrected chi connectivity index (χ1v) is 10.7. The highest BCUT2D eigenvalue weighted by Crippen LogP contribution is 2.34. The fourth-order valence-electron chi connectivity index (χ4n) is 4.72. The molecule has 1 saturated carbocycles. The summed E-state index contributed by atoms with van der Waals surface area (Å²) in [4.78, 5) is 5.44. The van der Waals surface area contributed by atoms with Crippen molar-refractivity contribution in [2.45, 2.75) is 104 Å². The highest BCUT2D eigenvalue weighted by Gasteiger charge is 2.33. The average Bonchev–Trinajstić information content (AvgIpc) is 2.57. The molecule has 2 atom stereocenters. The van der Waals surface area contributed by atoms with Crippen molar-refractivity contribution in [3.05, 3.63) is 0 Å². The highest BCUT2D eigenvalue weighted by molar-refractivity contribution is 4.88. The smallest absolute Gasteiger partial charge is 0.0113 e. The van der Waals surface area contributed by atoms with Crippen LogP contribution in [0.5, 0.6) is 0 Å². The van der Waals surface area contributed by atoms with Crippen LogP contribution >= 0.6 is 0 Å². The summed E-state index contributed by atoms with van der Waals surface area (Å²) in [5.74, 6) is 0.960. The molecule has 1 aliphatic rings. The summed E-state index contributed by atoms with van der Waals surface area (Å²) >= 11 is 0. The van der Waals surface area contributed by atoms with E-state index in [9.17, 15) is 0 Å². The lowest BCUT2D eigenvalue weighted by Gasteiger charge is -2.44. The molecule has 0 heterocycles. The normalized spacial score (nSPS) is 25.4. The number of nitrogens with zero attached hydrogens (tertiary/aromatic N) is 2. The second-order valence-electron chi connectivity index (χ2n) is 7.53. The van der Waals surface area contributed by atoms with Gasteiger partial charge in [0.25, 0.3) is 0 Å². The van der Waals surface area contributed by atoms with Crippen molar-refractivity contribution < 1.29 is 0 Å². The second-order valence-corrected chi connectivity index (χ2v) is 7.53. The molecule has 0 N–H and O–H groups in total. The van der Waals surface area contributed by atoms with Gasteiger partial charge in [-0.25, -0.2) is 0 Å². The molecular formula is C21H44N2. The average molecular weight is 325 g/mol. The molecule has 0 aromatic heterocycles. The number of hydrogen-bond acceptors (Lipinski definition) is 2. The maximum Gasteiger partial charge on any atom is 0.0113 e. The van der Waals surface area contributed by atoms with E-state index < -0.39 is 0 Å². The minimum Gasteiger partial charge on any atom is -0.301 e. The third-order valence-corrected chi connectivity index (χ3v) is 6.13. The lowest BCUT2D eigenvalue weighted by molar-refractivity contribution is 0.0643. The van der Waals surface area contributed by atoms with E-state index >= 15 is 0 Å². The van der Waals surface area contributed by atoms with Gasteiger partial charge in [-0.2, -0.15) is 0 Å². The van der Waals surface area contributed by atoms with Gasteiger partial charge in [-0.05, 0) is 51.4 Å². The first-order valence-electron chi connectivity index (χ1n) is 10.7. The third-order valence-electron chi connectivity index (χ3n) is 6.13. The SMILES string of the molecule is CCCCCCCC1CC(N(CC)CC)CC(N(CC)CC)C1. The van der Waals surface area contributed by atoms with E-state index in [2.05, 4.69) is 44.4 Å². The summed E-state index contributed by atoms with van der Waals surface area (Å²) in [7, 11) is 0. The van der Waals surface area contributed by atoms with Gasteiger partial charge in [0.2, 0.25) is 0 Å². The van der Waals surface area contributed by atoms with Crippen LogP contribution in [0.3, 0.4) is 0 Å². The van der Waals surface area contributed by atoms with Gasteiger partial charge < -0.3 is 9.80 Å². The molecule has 23 heavy (non-hydrogen) atoms. The maximum absolute atomic E-state index is 2.72. The van der Waals surface area contributed by atoms with Crippen LogP contribution in [-0.2, 0) is 0 Å². The molecule has 0 spiro atoms. The zero-order chi connectivity index (χ0) is 17.1. The van der Waals surface area contributed by atoms with Crippen LogP contribution in [0.2, 0.25) is 0 Å². The quantitative estimate of drug-likeness (QED) is 0.433. The molecule has 2 unspecified atom stereocenters. The van der Waals surface area contributed by atoms with Crippen molar-refractivity contribution in [1.82, 2.24) is 9.80 Å². The van der Waals surface area contributed by atoms with Crippen LogP contribution < -0.4 is 0 Å². The Balaban J connectivity index is 2.57. The fourth-order valence-corrected chi connectivity index (χ4v) is 4.72. The summed E-state index contributed by atoms with van der Waals surface area (Å²) in [5, 5.41) is 0. The van der Waals surface area contributed by atoms with Crippen LogP contribution in [0.4, 0.5) is 0 Å². The van der Waals surface area contributed by atoms with Crippen molar-refractivity contribution in [2.24, 2.45) is 5.92 Å². The molecule has 1 fully saturated rings. The highest BCUT2D eigenvalue weighted by atomic mass is 15.2. The van der Waals surface area contributed by atoms with Crippen LogP contribution in [0.1, 0.15) is 92.4 Å². The van der Waals surface area contributed by atoms with Crippen LogP contribution in [0.15, 0.2) is 0 Å².